The maximum Gasteiger partial charge on any atom is 0.228 e. The van der Waals surface area contributed by atoms with E-state index in [-0.39, 0.29) is 34.8 Å². The molecule has 1 fully saturated rings. The Labute approximate surface area is 192 Å². The van der Waals surface area contributed by atoms with Gasteiger partial charge in [0.1, 0.15) is 11.3 Å². The van der Waals surface area contributed by atoms with E-state index in [9.17, 15) is 4.79 Å². The number of benzene rings is 2. The molecule has 0 radical (unpaired) electrons. The summed E-state index contributed by atoms with van der Waals surface area (Å²) >= 11 is 0. The molecule has 4 rings (SSSR count). The average molecular weight is 454 g/mol. The molecular formula is C24H28FN5O3. The zero-order valence-corrected chi connectivity index (χ0v) is 19.0. The summed E-state index contributed by atoms with van der Waals surface area (Å²) in [5.74, 6) is 0.146. The second kappa shape index (κ2) is 9.48. The lowest BCUT2D eigenvalue weighted by Gasteiger charge is -2.40. The Morgan fingerprint density at radius 2 is 1.94 bits per heavy atom. The number of rotatable bonds is 6. The van der Waals surface area contributed by atoms with E-state index in [0.717, 1.165) is 5.56 Å². The first-order valence-corrected chi connectivity index (χ1v) is 10.9. The third-order valence-corrected chi connectivity index (χ3v) is 6.00. The number of hydrogen-bond donors (Lipinski definition) is 1. The summed E-state index contributed by atoms with van der Waals surface area (Å²) in [4.78, 5) is 25.4. The molecule has 33 heavy (non-hydrogen) atoms. The van der Waals surface area contributed by atoms with Crippen molar-refractivity contribution in [2.24, 2.45) is 0 Å². The number of nitrogens with two attached hydrogens (primary N) is 1. The normalized spacial score (nSPS) is 16.2. The number of anilines is 2. The first-order valence-electron chi connectivity index (χ1n) is 10.9. The van der Waals surface area contributed by atoms with Crippen LogP contribution >= 0.6 is 0 Å². The van der Waals surface area contributed by atoms with Crippen LogP contribution in [0, 0.1) is 5.82 Å². The van der Waals surface area contributed by atoms with Gasteiger partial charge >= 0.3 is 0 Å². The fraction of sp³-hybridized carbons (Fsp3) is 0.375. The number of nitrogen functional groups attached to an aromatic ring is 1. The minimum atomic E-state index is -0.649. The number of methoxy groups -OCH3 is 2. The highest BCUT2D eigenvalue weighted by Gasteiger charge is 2.29. The van der Waals surface area contributed by atoms with Crippen molar-refractivity contribution < 1.29 is 18.7 Å². The van der Waals surface area contributed by atoms with Crippen molar-refractivity contribution in [1.29, 1.82) is 0 Å². The highest BCUT2D eigenvalue weighted by Crippen LogP contribution is 2.37. The average Bonchev–Trinajstić information content (AvgIpc) is 2.83. The Hall–Kier alpha value is -3.62. The summed E-state index contributed by atoms with van der Waals surface area (Å²) in [5, 5.41) is 0.358. The van der Waals surface area contributed by atoms with Gasteiger partial charge in [-0.15, -0.1) is 0 Å². The number of nitrogens with zero attached hydrogens (tertiary/aromatic N) is 4. The highest BCUT2D eigenvalue weighted by molar-refractivity contribution is 5.92. The number of hydrogen-bond acceptors (Lipinski definition) is 7. The molecule has 8 nitrogen and oxygen atoms in total. The number of fused-ring (bicyclic) bond motifs is 1. The molecule has 0 aliphatic carbocycles. The number of amides is 1. The van der Waals surface area contributed by atoms with Crippen molar-refractivity contribution in [3.05, 3.63) is 47.8 Å². The van der Waals surface area contributed by atoms with Crippen molar-refractivity contribution in [2.45, 2.75) is 25.8 Å². The van der Waals surface area contributed by atoms with Crippen LogP contribution in [0.2, 0.25) is 0 Å². The molecular weight excluding hydrogens is 425 g/mol. The van der Waals surface area contributed by atoms with Crippen LogP contribution in [-0.4, -0.2) is 60.7 Å². The van der Waals surface area contributed by atoms with Gasteiger partial charge < -0.3 is 25.0 Å². The van der Waals surface area contributed by atoms with Crippen LogP contribution in [0.1, 0.15) is 18.9 Å². The number of ether oxygens (including phenoxy) is 2. The summed E-state index contributed by atoms with van der Waals surface area (Å²) in [6.07, 6.45) is 1.17. The zero-order chi connectivity index (χ0) is 23.5. The molecule has 174 valence electrons. The van der Waals surface area contributed by atoms with Crippen LogP contribution in [-0.2, 0) is 11.2 Å². The van der Waals surface area contributed by atoms with Crippen LogP contribution < -0.4 is 20.1 Å². The molecule has 3 aromatic rings. The molecule has 1 aliphatic heterocycles. The van der Waals surface area contributed by atoms with Gasteiger partial charge in [0.15, 0.2) is 17.3 Å². The van der Waals surface area contributed by atoms with Crippen LogP contribution in [0.5, 0.6) is 11.5 Å². The first kappa shape index (κ1) is 22.6. The summed E-state index contributed by atoms with van der Waals surface area (Å²) in [6, 6.07) is 11.5. The van der Waals surface area contributed by atoms with Gasteiger partial charge in [-0.05, 0) is 25.0 Å². The predicted molar refractivity (Wildman–Crippen MR) is 125 cm³/mol. The molecule has 1 atom stereocenters. The number of carbonyl (C=O) groups is 1. The summed E-state index contributed by atoms with van der Waals surface area (Å²) in [6.45, 7) is 3.58. The smallest absolute Gasteiger partial charge is 0.228 e. The van der Waals surface area contributed by atoms with Gasteiger partial charge in [0.25, 0.3) is 0 Å². The Kier molecular flexibility index (Phi) is 6.48. The largest absolute Gasteiger partial charge is 0.493 e. The maximum atomic E-state index is 15.1. The minimum Gasteiger partial charge on any atom is -0.493 e. The van der Waals surface area contributed by atoms with Gasteiger partial charge in [-0.25, -0.2) is 9.37 Å². The lowest BCUT2D eigenvalue weighted by molar-refractivity contribution is -0.131. The molecule has 0 unspecified atom stereocenters. The van der Waals surface area contributed by atoms with Gasteiger partial charge in [0.05, 0.1) is 14.2 Å². The molecule has 9 heteroatoms. The number of halogens is 1. The quantitative estimate of drug-likeness (QED) is 0.613. The molecule has 1 aliphatic rings. The second-order valence-electron chi connectivity index (χ2n) is 8.10. The number of aryl methyl sites for hydroxylation is 1. The van der Waals surface area contributed by atoms with Crippen LogP contribution in [0.3, 0.4) is 0 Å². The standard InChI is InChI=1S/C24H28FN5O3/c1-15-14-29(19(31)10-9-16-7-5-4-6-8-16)11-12-30(15)24-27-21-17(23(26)28-24)13-18(32-2)22(33-3)20(21)25/h4-8,13,15H,9-12,14H2,1-3H3,(H2,26,27,28)/t15-/m0/s1. The lowest BCUT2D eigenvalue weighted by Crippen LogP contribution is -2.54. The third-order valence-electron chi connectivity index (χ3n) is 6.00. The molecule has 0 bridgehead atoms. The van der Waals surface area contributed by atoms with Crippen molar-refractivity contribution in [2.75, 3.05) is 44.5 Å². The zero-order valence-electron chi connectivity index (χ0n) is 19.0. The van der Waals surface area contributed by atoms with Gasteiger partial charge in [0, 0.05) is 37.5 Å². The van der Waals surface area contributed by atoms with Crippen molar-refractivity contribution in [3.63, 3.8) is 0 Å². The molecule has 2 N–H and O–H groups in total. The molecule has 0 saturated carbocycles. The second-order valence-corrected chi connectivity index (χ2v) is 8.10. The molecule has 2 heterocycles. The summed E-state index contributed by atoms with van der Waals surface area (Å²) in [7, 11) is 2.80. The van der Waals surface area contributed by atoms with E-state index in [1.165, 1.54) is 14.2 Å². The van der Waals surface area contributed by atoms with Crippen molar-refractivity contribution in [1.82, 2.24) is 14.9 Å². The Morgan fingerprint density at radius 3 is 2.61 bits per heavy atom. The molecule has 1 amide bonds. The van der Waals surface area contributed by atoms with E-state index >= 15 is 4.39 Å². The monoisotopic (exact) mass is 453 g/mol. The number of carbonyl (C=O) groups excluding carboxylic acids is 1. The Morgan fingerprint density at radius 1 is 1.18 bits per heavy atom. The fourth-order valence-electron chi connectivity index (χ4n) is 4.20. The third kappa shape index (κ3) is 4.48. The van der Waals surface area contributed by atoms with E-state index < -0.39 is 5.82 Å². The van der Waals surface area contributed by atoms with Crippen LogP contribution in [0.15, 0.2) is 36.4 Å². The number of piperazine rings is 1. The predicted octanol–water partition coefficient (Wildman–Crippen LogP) is 3.04. The van der Waals surface area contributed by atoms with Gasteiger partial charge in [-0.3, -0.25) is 4.79 Å². The fourth-order valence-corrected chi connectivity index (χ4v) is 4.20. The van der Waals surface area contributed by atoms with Gasteiger partial charge in [-0.1, -0.05) is 30.3 Å². The minimum absolute atomic E-state index is 0.0315. The summed E-state index contributed by atoms with van der Waals surface area (Å²) < 4.78 is 25.5. The van der Waals surface area contributed by atoms with Crippen LogP contribution in [0.25, 0.3) is 10.9 Å². The van der Waals surface area contributed by atoms with E-state index in [0.29, 0.717) is 43.8 Å². The maximum absolute atomic E-state index is 15.1. The molecule has 1 saturated heterocycles. The van der Waals surface area contributed by atoms with E-state index in [1.807, 2.05) is 47.1 Å². The lowest BCUT2D eigenvalue weighted by atomic mass is 10.1. The van der Waals surface area contributed by atoms with Crippen molar-refractivity contribution in [3.8, 4) is 11.5 Å². The Balaban J connectivity index is 1.51. The summed E-state index contributed by atoms with van der Waals surface area (Å²) in [5.41, 5.74) is 7.38. The van der Waals surface area contributed by atoms with Gasteiger partial charge in [-0.2, -0.15) is 4.98 Å². The van der Waals surface area contributed by atoms with E-state index in [1.54, 1.807) is 6.07 Å². The topological polar surface area (TPSA) is 93.8 Å². The Bertz CT molecular complexity index is 1160. The van der Waals surface area contributed by atoms with E-state index in [2.05, 4.69) is 9.97 Å². The SMILES string of the molecule is COc1cc2c(N)nc(N3CCN(C(=O)CCc4ccccc4)C[C@@H]3C)nc2c(F)c1OC. The molecule has 2 aromatic carbocycles. The highest BCUT2D eigenvalue weighted by atomic mass is 19.1. The van der Waals surface area contributed by atoms with E-state index in [4.69, 9.17) is 15.2 Å². The van der Waals surface area contributed by atoms with Gasteiger partial charge in [0.2, 0.25) is 11.9 Å². The first-order chi connectivity index (χ1) is 15.9. The molecule has 0 spiro atoms. The molecule has 1 aromatic heterocycles. The van der Waals surface area contributed by atoms with Crippen LogP contribution in [0.4, 0.5) is 16.2 Å². The van der Waals surface area contributed by atoms with Crippen molar-refractivity contribution >= 4 is 28.6 Å². The number of aromatic nitrogens is 2.